The van der Waals surface area contributed by atoms with Gasteiger partial charge < -0.3 is 5.32 Å². The van der Waals surface area contributed by atoms with Crippen LogP contribution in [-0.2, 0) is 24.1 Å². The lowest BCUT2D eigenvalue weighted by Crippen LogP contribution is -2.28. The average molecular weight is 293 g/mol. The van der Waals surface area contributed by atoms with Crippen LogP contribution < -0.4 is 5.32 Å². The summed E-state index contributed by atoms with van der Waals surface area (Å²) in [4.78, 5) is 12.3. The number of nitrogens with one attached hydrogen (secondary N) is 1. The number of carbonyl (C=O) groups is 1. The van der Waals surface area contributed by atoms with Gasteiger partial charge in [-0.05, 0) is 54.9 Å². The Bertz CT molecular complexity index is 648. The van der Waals surface area contributed by atoms with Crippen molar-refractivity contribution in [1.82, 2.24) is 5.32 Å². The molecule has 0 aromatic heterocycles. The molecule has 1 aliphatic rings. The number of rotatable bonds is 4. The molecular weight excluding hydrogens is 270 g/mol. The molecule has 0 unspecified atom stereocenters. The van der Waals surface area contributed by atoms with Gasteiger partial charge in [-0.25, -0.2) is 0 Å². The molecule has 1 amide bonds. The molecule has 114 valence electrons. The normalized spacial score (nSPS) is 15.0. The monoisotopic (exact) mass is 293 g/mol. The van der Waals surface area contributed by atoms with E-state index in [1.165, 1.54) is 30.4 Å². The second-order valence-electron chi connectivity index (χ2n) is 6.19. The lowest BCUT2D eigenvalue weighted by molar-refractivity contribution is -0.121. The van der Waals surface area contributed by atoms with Gasteiger partial charge in [0.25, 0.3) is 0 Å². The first-order valence-corrected chi connectivity index (χ1v) is 8.17. The Morgan fingerprint density at radius 2 is 1.77 bits per heavy atom. The minimum absolute atomic E-state index is 0.0475. The maximum atomic E-state index is 12.3. The van der Waals surface area contributed by atoms with Gasteiger partial charge in [0.15, 0.2) is 0 Å². The summed E-state index contributed by atoms with van der Waals surface area (Å²) in [7, 11) is 0. The predicted molar refractivity (Wildman–Crippen MR) is 89.8 cm³/mol. The van der Waals surface area contributed by atoms with Gasteiger partial charge in [-0.15, -0.1) is 0 Å². The van der Waals surface area contributed by atoms with Crippen LogP contribution in [0.2, 0.25) is 0 Å². The molecule has 22 heavy (non-hydrogen) atoms. The van der Waals surface area contributed by atoms with Gasteiger partial charge in [0.05, 0.1) is 12.5 Å². The summed E-state index contributed by atoms with van der Waals surface area (Å²) in [6, 6.07) is 16.7. The Morgan fingerprint density at radius 3 is 2.55 bits per heavy atom. The molecule has 0 heterocycles. The molecule has 2 nitrogen and oxygen atoms in total. The molecule has 1 aliphatic carbocycles. The third kappa shape index (κ3) is 3.56. The molecule has 0 aliphatic heterocycles. The Hall–Kier alpha value is -2.09. The maximum Gasteiger partial charge on any atom is 0.224 e. The molecule has 0 fully saturated rings. The van der Waals surface area contributed by atoms with Crippen molar-refractivity contribution in [3.05, 3.63) is 70.8 Å². The second-order valence-corrected chi connectivity index (χ2v) is 6.19. The largest absolute Gasteiger partial charge is 0.349 e. The van der Waals surface area contributed by atoms with Crippen molar-refractivity contribution in [2.45, 2.75) is 45.1 Å². The Morgan fingerprint density at radius 1 is 1.05 bits per heavy atom. The number of benzene rings is 2. The smallest absolute Gasteiger partial charge is 0.224 e. The van der Waals surface area contributed by atoms with Crippen LogP contribution >= 0.6 is 0 Å². The van der Waals surface area contributed by atoms with Crippen LogP contribution in [-0.4, -0.2) is 5.91 Å². The predicted octanol–water partition coefficient (Wildman–Crippen LogP) is 3.99. The fraction of sp³-hybridized carbons (Fsp3) is 0.350. The minimum Gasteiger partial charge on any atom is -0.349 e. The molecular formula is C20H23NO. The molecule has 0 saturated carbocycles. The van der Waals surface area contributed by atoms with E-state index in [2.05, 4.69) is 23.5 Å². The van der Waals surface area contributed by atoms with E-state index >= 15 is 0 Å². The zero-order chi connectivity index (χ0) is 15.4. The quantitative estimate of drug-likeness (QED) is 0.907. The van der Waals surface area contributed by atoms with E-state index in [0.717, 1.165) is 17.5 Å². The van der Waals surface area contributed by atoms with Crippen LogP contribution in [0.25, 0.3) is 0 Å². The first-order valence-electron chi connectivity index (χ1n) is 8.17. The number of hydrogen-bond acceptors (Lipinski definition) is 1. The van der Waals surface area contributed by atoms with E-state index in [4.69, 9.17) is 0 Å². The van der Waals surface area contributed by atoms with Gasteiger partial charge in [0.1, 0.15) is 0 Å². The lowest BCUT2D eigenvalue weighted by Gasteiger charge is -2.17. The van der Waals surface area contributed by atoms with Crippen molar-refractivity contribution in [2.24, 2.45) is 0 Å². The standard InChI is InChI=1S/C20H23NO/c1-15(17-7-3-2-4-8-17)21-20(22)14-16-11-12-18-9-5-6-10-19(18)13-16/h2-4,7-8,11-13,15H,5-6,9-10,14H2,1H3,(H,21,22)/t15-/m1/s1. The topological polar surface area (TPSA) is 29.1 Å². The molecule has 0 bridgehead atoms. The van der Waals surface area contributed by atoms with Crippen LogP contribution in [0, 0.1) is 0 Å². The van der Waals surface area contributed by atoms with E-state index in [9.17, 15) is 4.79 Å². The summed E-state index contributed by atoms with van der Waals surface area (Å²) in [6.07, 6.45) is 5.37. The first-order chi connectivity index (χ1) is 10.7. The van der Waals surface area contributed by atoms with Gasteiger partial charge >= 0.3 is 0 Å². The fourth-order valence-electron chi connectivity index (χ4n) is 3.20. The van der Waals surface area contributed by atoms with E-state index in [0.29, 0.717) is 6.42 Å². The van der Waals surface area contributed by atoms with Crippen molar-refractivity contribution in [2.75, 3.05) is 0 Å². The number of carbonyl (C=O) groups excluding carboxylic acids is 1. The summed E-state index contributed by atoms with van der Waals surface area (Å²) in [6.45, 7) is 2.03. The summed E-state index contributed by atoms with van der Waals surface area (Å²) in [5, 5.41) is 3.09. The van der Waals surface area contributed by atoms with Gasteiger partial charge in [0.2, 0.25) is 5.91 Å². The number of amides is 1. The second kappa shape index (κ2) is 6.78. The Kier molecular flexibility index (Phi) is 4.57. The summed E-state index contributed by atoms with van der Waals surface area (Å²) in [5.74, 6) is 0.0899. The van der Waals surface area contributed by atoms with E-state index in [1.54, 1.807) is 0 Å². The molecule has 3 rings (SSSR count). The van der Waals surface area contributed by atoms with Gasteiger partial charge in [-0.2, -0.15) is 0 Å². The van der Waals surface area contributed by atoms with E-state index in [1.807, 2.05) is 37.3 Å². The third-order valence-electron chi connectivity index (χ3n) is 4.45. The van der Waals surface area contributed by atoms with E-state index < -0.39 is 0 Å². The lowest BCUT2D eigenvalue weighted by atomic mass is 9.90. The zero-order valence-electron chi connectivity index (χ0n) is 13.1. The van der Waals surface area contributed by atoms with Crippen molar-refractivity contribution in [3.8, 4) is 0 Å². The summed E-state index contributed by atoms with van der Waals surface area (Å²) in [5.41, 5.74) is 5.17. The van der Waals surface area contributed by atoms with Crippen molar-refractivity contribution >= 4 is 5.91 Å². The Balaban J connectivity index is 1.62. The summed E-state index contributed by atoms with van der Waals surface area (Å²) >= 11 is 0. The van der Waals surface area contributed by atoms with Gasteiger partial charge in [0, 0.05) is 0 Å². The van der Waals surface area contributed by atoms with Gasteiger partial charge in [-0.1, -0.05) is 48.5 Å². The number of aryl methyl sites for hydroxylation is 2. The molecule has 1 N–H and O–H groups in total. The number of fused-ring (bicyclic) bond motifs is 1. The van der Waals surface area contributed by atoms with Crippen molar-refractivity contribution in [3.63, 3.8) is 0 Å². The van der Waals surface area contributed by atoms with Crippen LogP contribution in [0.1, 0.15) is 48.1 Å². The van der Waals surface area contributed by atoms with Crippen LogP contribution in [0.15, 0.2) is 48.5 Å². The van der Waals surface area contributed by atoms with E-state index in [-0.39, 0.29) is 11.9 Å². The molecule has 0 radical (unpaired) electrons. The van der Waals surface area contributed by atoms with Gasteiger partial charge in [-0.3, -0.25) is 4.79 Å². The van der Waals surface area contributed by atoms with Crippen molar-refractivity contribution < 1.29 is 4.79 Å². The molecule has 1 atom stereocenters. The highest BCUT2D eigenvalue weighted by Gasteiger charge is 2.13. The number of hydrogen-bond donors (Lipinski definition) is 1. The summed E-state index contributed by atoms with van der Waals surface area (Å²) < 4.78 is 0. The highest BCUT2D eigenvalue weighted by Crippen LogP contribution is 2.22. The molecule has 0 saturated heterocycles. The van der Waals surface area contributed by atoms with Crippen molar-refractivity contribution in [1.29, 1.82) is 0 Å². The van der Waals surface area contributed by atoms with Crippen LogP contribution in [0.3, 0.4) is 0 Å². The average Bonchev–Trinajstić information content (AvgIpc) is 2.55. The zero-order valence-corrected chi connectivity index (χ0v) is 13.1. The molecule has 2 heteroatoms. The minimum atomic E-state index is 0.0475. The SMILES string of the molecule is C[C@@H](NC(=O)Cc1ccc2c(c1)CCCC2)c1ccccc1. The third-order valence-corrected chi connectivity index (χ3v) is 4.45. The fourth-order valence-corrected chi connectivity index (χ4v) is 3.20. The molecule has 0 spiro atoms. The Labute approximate surface area is 132 Å². The molecule has 2 aromatic carbocycles. The highest BCUT2D eigenvalue weighted by molar-refractivity contribution is 5.79. The highest BCUT2D eigenvalue weighted by atomic mass is 16.1. The maximum absolute atomic E-state index is 12.3. The van der Waals surface area contributed by atoms with Crippen LogP contribution in [0.5, 0.6) is 0 Å². The first kappa shape index (κ1) is 14.8. The molecule has 2 aromatic rings. The van der Waals surface area contributed by atoms with Crippen LogP contribution in [0.4, 0.5) is 0 Å².